The monoisotopic (exact) mass is 353 g/mol. The Morgan fingerprint density at radius 3 is 2.10 bits per heavy atom. The molecule has 0 unspecified atom stereocenters. The van der Waals surface area contributed by atoms with E-state index in [1.54, 1.807) is 0 Å². The van der Waals surface area contributed by atoms with Crippen LogP contribution in [0.25, 0.3) is 0 Å². The van der Waals surface area contributed by atoms with Crippen molar-refractivity contribution in [2.75, 3.05) is 12.4 Å². The van der Waals surface area contributed by atoms with E-state index in [0.29, 0.717) is 5.92 Å². The van der Waals surface area contributed by atoms with Crippen LogP contribution in [-0.2, 0) is 5.41 Å². The maximum absolute atomic E-state index is 4.95. The van der Waals surface area contributed by atoms with E-state index < -0.39 is 0 Å². The van der Waals surface area contributed by atoms with Gasteiger partial charge in [-0.2, -0.15) is 0 Å². The summed E-state index contributed by atoms with van der Waals surface area (Å²) in [5, 5.41) is 3.22. The molecule has 2 rings (SSSR count). The Balaban J connectivity index is 2.38. The summed E-state index contributed by atoms with van der Waals surface area (Å²) in [5.74, 6) is 2.48. The van der Waals surface area contributed by atoms with Crippen LogP contribution >= 0.6 is 15.9 Å². The summed E-state index contributed by atoms with van der Waals surface area (Å²) in [5.41, 5.74) is 1.13. The summed E-state index contributed by atoms with van der Waals surface area (Å²) < 4.78 is 1.01. The molecule has 0 saturated heterocycles. The highest BCUT2D eigenvalue weighted by Gasteiger charge is 2.25. The van der Waals surface area contributed by atoms with Gasteiger partial charge in [0.25, 0.3) is 0 Å². The van der Waals surface area contributed by atoms with Crippen molar-refractivity contribution in [3.05, 3.63) is 16.0 Å². The SMILES string of the molecule is CNc1nc(C2CCCCCCC2)nc(C(C)(C)C)c1Br. The standard InChI is InChI=1S/C17H28BrN3/c1-17(2,3)14-13(18)16(19-4)21-15(20-14)12-10-8-6-5-7-9-11-12/h12H,5-11H2,1-4H3,(H,19,20,21). The van der Waals surface area contributed by atoms with Crippen LogP contribution in [-0.4, -0.2) is 17.0 Å². The van der Waals surface area contributed by atoms with Gasteiger partial charge in [-0.15, -0.1) is 0 Å². The van der Waals surface area contributed by atoms with Crippen LogP contribution in [0.2, 0.25) is 0 Å². The van der Waals surface area contributed by atoms with Gasteiger partial charge in [-0.25, -0.2) is 9.97 Å². The molecule has 1 heterocycles. The van der Waals surface area contributed by atoms with Gasteiger partial charge in [0.1, 0.15) is 11.6 Å². The number of halogens is 1. The van der Waals surface area contributed by atoms with Gasteiger partial charge in [0.15, 0.2) is 0 Å². The summed E-state index contributed by atoms with van der Waals surface area (Å²) in [6.07, 6.45) is 9.19. The van der Waals surface area contributed by atoms with Gasteiger partial charge < -0.3 is 5.32 Å². The van der Waals surface area contributed by atoms with Crippen LogP contribution in [0.4, 0.5) is 5.82 Å². The normalized spacial score (nSPS) is 18.1. The lowest BCUT2D eigenvalue weighted by molar-refractivity contribution is 0.438. The van der Waals surface area contributed by atoms with Gasteiger partial charge >= 0.3 is 0 Å². The Morgan fingerprint density at radius 1 is 1.00 bits per heavy atom. The molecule has 3 nitrogen and oxygen atoms in total. The number of rotatable bonds is 2. The first kappa shape index (κ1) is 16.7. The van der Waals surface area contributed by atoms with Crippen molar-refractivity contribution in [1.82, 2.24) is 9.97 Å². The fourth-order valence-electron chi connectivity index (χ4n) is 3.02. The molecule has 0 spiro atoms. The van der Waals surface area contributed by atoms with Gasteiger partial charge in [-0.1, -0.05) is 52.9 Å². The number of anilines is 1. The second-order valence-electron chi connectivity index (χ2n) is 7.14. The van der Waals surface area contributed by atoms with E-state index in [4.69, 9.17) is 9.97 Å². The molecule has 1 N–H and O–H groups in total. The minimum atomic E-state index is 0.0176. The van der Waals surface area contributed by atoms with Crippen molar-refractivity contribution in [3.63, 3.8) is 0 Å². The molecule has 1 aliphatic rings. The molecule has 1 aromatic heterocycles. The molecule has 0 aromatic carbocycles. The molecule has 0 radical (unpaired) electrons. The van der Waals surface area contributed by atoms with Crippen molar-refractivity contribution in [3.8, 4) is 0 Å². The zero-order valence-corrected chi connectivity index (χ0v) is 15.4. The molecule has 118 valence electrons. The van der Waals surface area contributed by atoms with Gasteiger partial charge in [-0.05, 0) is 28.8 Å². The minimum absolute atomic E-state index is 0.0176. The van der Waals surface area contributed by atoms with Crippen LogP contribution in [0.1, 0.15) is 83.2 Å². The summed E-state index contributed by atoms with van der Waals surface area (Å²) in [6.45, 7) is 6.63. The molecule has 0 bridgehead atoms. The molecule has 0 amide bonds. The van der Waals surface area contributed by atoms with Gasteiger partial charge in [-0.3, -0.25) is 0 Å². The molecule has 1 aromatic rings. The quantitative estimate of drug-likeness (QED) is 0.772. The van der Waals surface area contributed by atoms with Crippen LogP contribution in [0.5, 0.6) is 0 Å². The van der Waals surface area contributed by atoms with E-state index in [1.807, 2.05) is 7.05 Å². The Hall–Kier alpha value is -0.640. The molecular formula is C17H28BrN3. The Labute approximate surface area is 137 Å². The van der Waals surface area contributed by atoms with E-state index in [9.17, 15) is 0 Å². The number of nitrogens with one attached hydrogen (secondary N) is 1. The molecule has 1 aliphatic carbocycles. The van der Waals surface area contributed by atoms with Crippen molar-refractivity contribution in [2.24, 2.45) is 0 Å². The lowest BCUT2D eigenvalue weighted by Gasteiger charge is -2.25. The highest BCUT2D eigenvalue weighted by atomic mass is 79.9. The van der Waals surface area contributed by atoms with E-state index in [-0.39, 0.29) is 5.41 Å². The first-order valence-corrected chi connectivity index (χ1v) is 8.98. The van der Waals surface area contributed by atoms with E-state index in [2.05, 4.69) is 42.0 Å². The molecule has 1 saturated carbocycles. The number of nitrogens with zero attached hydrogens (tertiary/aromatic N) is 2. The van der Waals surface area contributed by atoms with Gasteiger partial charge in [0, 0.05) is 18.4 Å². The summed E-state index contributed by atoms with van der Waals surface area (Å²) in [7, 11) is 1.93. The summed E-state index contributed by atoms with van der Waals surface area (Å²) in [4.78, 5) is 9.74. The second kappa shape index (κ2) is 7.08. The summed E-state index contributed by atoms with van der Waals surface area (Å²) in [6, 6.07) is 0. The van der Waals surface area contributed by atoms with E-state index in [1.165, 1.54) is 44.9 Å². The Morgan fingerprint density at radius 2 is 1.57 bits per heavy atom. The molecule has 0 atom stereocenters. The van der Waals surface area contributed by atoms with Crippen LogP contribution in [0.3, 0.4) is 0 Å². The maximum atomic E-state index is 4.95. The van der Waals surface area contributed by atoms with Crippen molar-refractivity contribution in [1.29, 1.82) is 0 Å². The zero-order valence-electron chi connectivity index (χ0n) is 13.8. The first-order chi connectivity index (χ1) is 9.93. The van der Waals surface area contributed by atoms with Crippen LogP contribution in [0.15, 0.2) is 4.47 Å². The molecular weight excluding hydrogens is 326 g/mol. The third kappa shape index (κ3) is 4.18. The van der Waals surface area contributed by atoms with Crippen LogP contribution in [0, 0.1) is 0 Å². The minimum Gasteiger partial charge on any atom is -0.372 e. The van der Waals surface area contributed by atoms with E-state index >= 15 is 0 Å². The second-order valence-corrected chi connectivity index (χ2v) is 7.93. The lowest BCUT2D eigenvalue weighted by atomic mass is 9.89. The van der Waals surface area contributed by atoms with Crippen molar-refractivity contribution in [2.45, 2.75) is 77.0 Å². The molecule has 1 fully saturated rings. The molecule has 4 heteroatoms. The smallest absolute Gasteiger partial charge is 0.144 e. The highest BCUT2D eigenvalue weighted by molar-refractivity contribution is 9.10. The zero-order chi connectivity index (χ0) is 15.5. The highest BCUT2D eigenvalue weighted by Crippen LogP contribution is 2.36. The van der Waals surface area contributed by atoms with Crippen molar-refractivity contribution < 1.29 is 0 Å². The van der Waals surface area contributed by atoms with Crippen molar-refractivity contribution >= 4 is 21.7 Å². The Kier molecular flexibility index (Phi) is 5.64. The molecule has 0 aliphatic heterocycles. The predicted molar refractivity (Wildman–Crippen MR) is 93.0 cm³/mol. The molecule has 21 heavy (non-hydrogen) atoms. The number of hydrogen-bond acceptors (Lipinski definition) is 3. The van der Waals surface area contributed by atoms with Crippen LogP contribution < -0.4 is 5.32 Å². The fraction of sp³-hybridized carbons (Fsp3) is 0.765. The summed E-state index contributed by atoms with van der Waals surface area (Å²) >= 11 is 3.68. The predicted octanol–water partition coefficient (Wildman–Crippen LogP) is 5.41. The number of aromatic nitrogens is 2. The Bertz CT molecular complexity index is 472. The van der Waals surface area contributed by atoms with Gasteiger partial charge in [0.05, 0.1) is 10.2 Å². The average molecular weight is 354 g/mol. The van der Waals surface area contributed by atoms with Gasteiger partial charge in [0.2, 0.25) is 0 Å². The average Bonchev–Trinajstić information content (AvgIpc) is 2.37. The topological polar surface area (TPSA) is 37.8 Å². The fourth-order valence-corrected chi connectivity index (χ4v) is 3.99. The van der Waals surface area contributed by atoms with E-state index in [0.717, 1.165) is 21.8 Å². The third-order valence-corrected chi connectivity index (χ3v) is 5.04. The lowest BCUT2D eigenvalue weighted by Crippen LogP contribution is -2.19. The first-order valence-electron chi connectivity index (χ1n) is 8.19. The maximum Gasteiger partial charge on any atom is 0.144 e. The number of hydrogen-bond donors (Lipinski definition) is 1. The third-order valence-electron chi connectivity index (χ3n) is 4.29. The largest absolute Gasteiger partial charge is 0.372 e.